The molecule has 0 amide bonds. The maximum Gasteiger partial charge on any atom is 0.320 e. The summed E-state index contributed by atoms with van der Waals surface area (Å²) in [6, 6.07) is 7.60. The quantitative estimate of drug-likeness (QED) is 0.857. The number of aliphatic carboxylic acids is 1. The van der Waals surface area contributed by atoms with Crippen LogP contribution in [-0.4, -0.2) is 35.2 Å². The molecule has 1 fully saturated rings. The molecule has 0 saturated carbocycles. The monoisotopic (exact) mass is 263 g/mol. The molecule has 0 bridgehead atoms. The highest BCUT2D eigenvalue weighted by Crippen LogP contribution is 2.22. The topological polar surface area (TPSA) is 49.8 Å². The number of carboxylic acid groups (broad SMARTS) is 1. The fourth-order valence-corrected chi connectivity index (χ4v) is 2.48. The fraction of sp³-hybridized carbons (Fsp3) is 0.533. The molecule has 1 aromatic carbocycles. The minimum absolute atomic E-state index is 0.333. The van der Waals surface area contributed by atoms with Crippen LogP contribution in [0.1, 0.15) is 31.7 Å². The van der Waals surface area contributed by atoms with Crippen molar-refractivity contribution in [3.05, 3.63) is 29.8 Å². The zero-order valence-electron chi connectivity index (χ0n) is 11.3. The van der Waals surface area contributed by atoms with Gasteiger partial charge in [-0.3, -0.25) is 9.69 Å². The molecular formula is C15H21NO3. The number of rotatable bonds is 6. The summed E-state index contributed by atoms with van der Waals surface area (Å²) < 4.78 is 5.60. The van der Waals surface area contributed by atoms with Gasteiger partial charge in [0.15, 0.2) is 0 Å². The second kappa shape index (κ2) is 6.57. The standard InChI is InChI=1S/C15H21NO3/c1-2-9-19-13-6-3-5-12(10-13)11-16-8-4-7-14(16)15(17)18/h3,5-6,10,14H,2,4,7-9,11H2,1H3,(H,17,18)/t14-/m0/s1. The Balaban J connectivity index is 2.00. The number of nitrogens with zero attached hydrogens (tertiary/aromatic N) is 1. The molecule has 0 aliphatic carbocycles. The van der Waals surface area contributed by atoms with Gasteiger partial charge in [-0.15, -0.1) is 0 Å². The molecule has 1 aliphatic rings. The van der Waals surface area contributed by atoms with Crippen LogP contribution in [0, 0.1) is 0 Å². The van der Waals surface area contributed by atoms with E-state index in [1.807, 2.05) is 29.2 Å². The van der Waals surface area contributed by atoms with Gasteiger partial charge in [-0.1, -0.05) is 19.1 Å². The van der Waals surface area contributed by atoms with Crippen molar-refractivity contribution in [3.63, 3.8) is 0 Å². The van der Waals surface area contributed by atoms with Gasteiger partial charge in [0.1, 0.15) is 11.8 Å². The molecule has 1 atom stereocenters. The average molecular weight is 263 g/mol. The molecule has 19 heavy (non-hydrogen) atoms. The van der Waals surface area contributed by atoms with Crippen molar-refractivity contribution in [3.8, 4) is 5.75 Å². The summed E-state index contributed by atoms with van der Waals surface area (Å²) in [6.45, 7) is 4.33. The third kappa shape index (κ3) is 3.70. The molecule has 0 radical (unpaired) electrons. The summed E-state index contributed by atoms with van der Waals surface area (Å²) in [5.74, 6) is 0.154. The number of ether oxygens (including phenoxy) is 1. The molecule has 1 heterocycles. The smallest absolute Gasteiger partial charge is 0.320 e. The van der Waals surface area contributed by atoms with Crippen molar-refractivity contribution in [1.29, 1.82) is 0 Å². The third-order valence-electron chi connectivity index (χ3n) is 3.41. The molecular weight excluding hydrogens is 242 g/mol. The molecule has 0 spiro atoms. The van der Waals surface area contributed by atoms with Crippen LogP contribution in [0.2, 0.25) is 0 Å². The summed E-state index contributed by atoms with van der Waals surface area (Å²) in [6.07, 6.45) is 2.70. The van der Waals surface area contributed by atoms with E-state index in [4.69, 9.17) is 9.84 Å². The molecule has 4 heteroatoms. The predicted octanol–water partition coefficient (Wildman–Crippen LogP) is 2.52. The van der Waals surface area contributed by atoms with E-state index in [0.29, 0.717) is 13.2 Å². The number of benzene rings is 1. The molecule has 0 aromatic heterocycles. The Morgan fingerprint density at radius 3 is 3.11 bits per heavy atom. The van der Waals surface area contributed by atoms with Gasteiger partial charge in [-0.05, 0) is 43.5 Å². The Morgan fingerprint density at radius 2 is 2.37 bits per heavy atom. The van der Waals surface area contributed by atoms with Gasteiger partial charge in [0.25, 0.3) is 0 Å². The maximum absolute atomic E-state index is 11.1. The summed E-state index contributed by atoms with van der Waals surface area (Å²) in [5.41, 5.74) is 1.11. The van der Waals surface area contributed by atoms with Gasteiger partial charge < -0.3 is 9.84 Å². The summed E-state index contributed by atoms with van der Waals surface area (Å²) in [5, 5.41) is 9.17. The van der Waals surface area contributed by atoms with E-state index >= 15 is 0 Å². The van der Waals surface area contributed by atoms with Gasteiger partial charge >= 0.3 is 5.97 Å². The minimum Gasteiger partial charge on any atom is -0.494 e. The molecule has 4 nitrogen and oxygen atoms in total. The number of hydrogen-bond acceptors (Lipinski definition) is 3. The van der Waals surface area contributed by atoms with Crippen molar-refractivity contribution in [2.24, 2.45) is 0 Å². The molecule has 1 aromatic rings. The molecule has 0 unspecified atom stereocenters. The van der Waals surface area contributed by atoms with Gasteiger partial charge in [0, 0.05) is 6.54 Å². The van der Waals surface area contributed by atoms with E-state index in [1.54, 1.807) is 0 Å². The van der Waals surface area contributed by atoms with E-state index < -0.39 is 5.97 Å². The maximum atomic E-state index is 11.1. The van der Waals surface area contributed by atoms with E-state index in [9.17, 15) is 4.79 Å². The van der Waals surface area contributed by atoms with Gasteiger partial charge in [-0.25, -0.2) is 0 Å². The fourth-order valence-electron chi connectivity index (χ4n) is 2.48. The summed E-state index contributed by atoms with van der Waals surface area (Å²) >= 11 is 0. The first-order valence-corrected chi connectivity index (χ1v) is 6.89. The van der Waals surface area contributed by atoms with Crippen LogP contribution >= 0.6 is 0 Å². The average Bonchev–Trinajstić information content (AvgIpc) is 2.85. The van der Waals surface area contributed by atoms with Gasteiger partial charge in [0.05, 0.1) is 6.61 Å². The van der Waals surface area contributed by atoms with Crippen LogP contribution in [0.3, 0.4) is 0 Å². The van der Waals surface area contributed by atoms with Crippen molar-refractivity contribution in [2.75, 3.05) is 13.2 Å². The Labute approximate surface area is 114 Å². The van der Waals surface area contributed by atoms with E-state index in [1.165, 1.54) is 0 Å². The lowest BCUT2D eigenvalue weighted by atomic mass is 10.1. The normalized spacial score (nSPS) is 19.5. The highest BCUT2D eigenvalue weighted by atomic mass is 16.5. The lowest BCUT2D eigenvalue weighted by Crippen LogP contribution is -2.35. The van der Waals surface area contributed by atoms with E-state index in [0.717, 1.165) is 37.1 Å². The van der Waals surface area contributed by atoms with Crippen molar-refractivity contribution >= 4 is 5.97 Å². The van der Waals surface area contributed by atoms with E-state index in [-0.39, 0.29) is 6.04 Å². The Bertz CT molecular complexity index is 433. The van der Waals surface area contributed by atoms with Crippen LogP contribution in [0.15, 0.2) is 24.3 Å². The Hall–Kier alpha value is -1.55. The van der Waals surface area contributed by atoms with Crippen LogP contribution in [0.25, 0.3) is 0 Å². The van der Waals surface area contributed by atoms with Crippen molar-refractivity contribution in [2.45, 2.75) is 38.8 Å². The van der Waals surface area contributed by atoms with Crippen LogP contribution in [0.4, 0.5) is 0 Å². The Kier molecular flexibility index (Phi) is 4.80. The molecule has 1 saturated heterocycles. The van der Waals surface area contributed by atoms with Gasteiger partial charge in [-0.2, -0.15) is 0 Å². The SMILES string of the molecule is CCCOc1cccc(CN2CCC[C@H]2C(=O)O)c1. The van der Waals surface area contributed by atoms with E-state index in [2.05, 4.69) is 6.92 Å². The molecule has 2 rings (SSSR count). The third-order valence-corrected chi connectivity index (χ3v) is 3.41. The second-order valence-corrected chi connectivity index (χ2v) is 4.96. The van der Waals surface area contributed by atoms with Gasteiger partial charge in [0.2, 0.25) is 0 Å². The largest absolute Gasteiger partial charge is 0.494 e. The van der Waals surface area contributed by atoms with Crippen LogP contribution < -0.4 is 4.74 Å². The number of likely N-dealkylation sites (tertiary alicyclic amines) is 1. The lowest BCUT2D eigenvalue weighted by molar-refractivity contribution is -0.142. The summed E-state index contributed by atoms with van der Waals surface area (Å²) in [7, 11) is 0. The lowest BCUT2D eigenvalue weighted by Gasteiger charge is -2.21. The highest BCUT2D eigenvalue weighted by molar-refractivity contribution is 5.73. The molecule has 1 N–H and O–H groups in total. The number of carboxylic acids is 1. The number of carbonyl (C=O) groups is 1. The summed E-state index contributed by atoms with van der Waals surface area (Å²) in [4.78, 5) is 13.2. The van der Waals surface area contributed by atoms with Crippen molar-refractivity contribution < 1.29 is 14.6 Å². The first-order chi connectivity index (χ1) is 9.20. The first kappa shape index (κ1) is 13.9. The first-order valence-electron chi connectivity index (χ1n) is 6.89. The van der Waals surface area contributed by atoms with Crippen molar-refractivity contribution in [1.82, 2.24) is 4.90 Å². The zero-order valence-corrected chi connectivity index (χ0v) is 11.3. The number of hydrogen-bond donors (Lipinski definition) is 1. The second-order valence-electron chi connectivity index (χ2n) is 4.96. The Morgan fingerprint density at radius 1 is 1.53 bits per heavy atom. The van der Waals surface area contributed by atoms with Crippen LogP contribution in [0.5, 0.6) is 5.75 Å². The molecule has 1 aliphatic heterocycles. The minimum atomic E-state index is -0.712. The molecule has 104 valence electrons. The predicted molar refractivity (Wildman–Crippen MR) is 73.3 cm³/mol. The van der Waals surface area contributed by atoms with Crippen LogP contribution in [-0.2, 0) is 11.3 Å². The highest BCUT2D eigenvalue weighted by Gasteiger charge is 2.30. The zero-order chi connectivity index (χ0) is 13.7.